The number of rotatable bonds is 7. The van der Waals surface area contributed by atoms with Gasteiger partial charge in [0.25, 0.3) is 0 Å². The molecule has 0 aromatic heterocycles. The Bertz CT molecular complexity index is 924. The average molecular weight is 386 g/mol. The smallest absolute Gasteiger partial charge is 0.335 e. The molecule has 3 aromatic carbocycles. The molecule has 27 heavy (non-hydrogen) atoms. The first-order valence-corrected chi connectivity index (χ1v) is 8.63. The molecule has 0 aliphatic heterocycles. The lowest BCUT2D eigenvalue weighted by Crippen LogP contribution is -2.05. The summed E-state index contributed by atoms with van der Waals surface area (Å²) in [5.74, 6) is -0.754. The highest BCUT2D eigenvalue weighted by atomic mass is 35.5. The van der Waals surface area contributed by atoms with E-state index in [9.17, 15) is 9.18 Å². The Labute approximate surface area is 161 Å². The van der Waals surface area contributed by atoms with E-state index in [-0.39, 0.29) is 12.2 Å². The van der Waals surface area contributed by atoms with Gasteiger partial charge in [-0.15, -0.1) is 0 Å². The number of ether oxygens (including phenoxy) is 1. The minimum Gasteiger partial charge on any atom is -0.488 e. The molecule has 0 amide bonds. The van der Waals surface area contributed by atoms with E-state index in [2.05, 4.69) is 5.32 Å². The zero-order chi connectivity index (χ0) is 19.2. The van der Waals surface area contributed by atoms with Gasteiger partial charge in [-0.3, -0.25) is 0 Å². The number of nitrogens with one attached hydrogen (secondary N) is 1. The fourth-order valence-electron chi connectivity index (χ4n) is 2.54. The highest BCUT2D eigenvalue weighted by molar-refractivity contribution is 6.31. The summed E-state index contributed by atoms with van der Waals surface area (Å²) in [7, 11) is 0. The zero-order valence-corrected chi connectivity index (χ0v) is 15.0. The molecule has 0 saturated heterocycles. The van der Waals surface area contributed by atoms with Crippen LogP contribution in [0.25, 0.3) is 0 Å². The Morgan fingerprint density at radius 1 is 1.04 bits per heavy atom. The van der Waals surface area contributed by atoms with Crippen LogP contribution in [0.3, 0.4) is 0 Å². The van der Waals surface area contributed by atoms with Crippen molar-refractivity contribution in [2.75, 3.05) is 5.32 Å². The van der Waals surface area contributed by atoms with E-state index in [1.165, 1.54) is 18.2 Å². The van der Waals surface area contributed by atoms with Gasteiger partial charge in [0.1, 0.15) is 18.2 Å². The van der Waals surface area contributed by atoms with Crippen molar-refractivity contribution in [2.45, 2.75) is 13.2 Å². The highest BCUT2D eigenvalue weighted by Gasteiger charge is 2.10. The molecule has 0 bridgehead atoms. The third kappa shape index (κ3) is 4.77. The monoisotopic (exact) mass is 385 g/mol. The van der Waals surface area contributed by atoms with E-state index < -0.39 is 11.8 Å². The van der Waals surface area contributed by atoms with Crippen LogP contribution in [-0.2, 0) is 13.2 Å². The topological polar surface area (TPSA) is 58.6 Å². The van der Waals surface area contributed by atoms with E-state index in [0.717, 1.165) is 11.3 Å². The van der Waals surface area contributed by atoms with Gasteiger partial charge in [-0.25, -0.2) is 9.18 Å². The lowest BCUT2D eigenvalue weighted by molar-refractivity contribution is 0.0697. The highest BCUT2D eigenvalue weighted by Crippen LogP contribution is 2.24. The van der Waals surface area contributed by atoms with Gasteiger partial charge < -0.3 is 15.2 Å². The molecule has 0 heterocycles. The van der Waals surface area contributed by atoms with Crippen molar-refractivity contribution < 1.29 is 19.0 Å². The molecule has 0 spiro atoms. The SMILES string of the molecule is O=C(O)c1ccc(NCc2ccccc2OCc2c(F)cccc2Cl)cc1. The molecule has 0 saturated carbocycles. The van der Waals surface area contributed by atoms with Crippen LogP contribution in [0.1, 0.15) is 21.5 Å². The van der Waals surface area contributed by atoms with Gasteiger partial charge in [-0.1, -0.05) is 35.9 Å². The van der Waals surface area contributed by atoms with Crippen molar-refractivity contribution in [1.82, 2.24) is 0 Å². The number of aromatic carboxylic acids is 1. The number of carboxylic acids is 1. The quantitative estimate of drug-likeness (QED) is 0.574. The summed E-state index contributed by atoms with van der Waals surface area (Å²) in [4.78, 5) is 10.9. The van der Waals surface area contributed by atoms with Crippen molar-refractivity contribution in [3.63, 3.8) is 0 Å². The summed E-state index contributed by atoms with van der Waals surface area (Å²) in [6, 6.07) is 18.4. The maximum atomic E-state index is 13.9. The van der Waals surface area contributed by atoms with Crippen LogP contribution < -0.4 is 10.1 Å². The summed E-state index contributed by atoms with van der Waals surface area (Å²) in [5, 5.41) is 12.5. The second-order valence-electron chi connectivity index (χ2n) is 5.83. The van der Waals surface area contributed by atoms with Gasteiger partial charge in [0.15, 0.2) is 0 Å². The van der Waals surface area contributed by atoms with Crippen molar-refractivity contribution >= 4 is 23.3 Å². The number of carboxylic acid groups (broad SMARTS) is 1. The predicted octanol–water partition coefficient (Wildman–Crippen LogP) is 5.37. The van der Waals surface area contributed by atoms with Gasteiger partial charge in [0.05, 0.1) is 10.6 Å². The van der Waals surface area contributed by atoms with Crippen LogP contribution in [0.5, 0.6) is 5.75 Å². The minimum absolute atomic E-state index is 0.0236. The molecule has 6 heteroatoms. The molecule has 0 fully saturated rings. The summed E-state index contributed by atoms with van der Waals surface area (Å²) < 4.78 is 19.7. The Morgan fingerprint density at radius 3 is 2.48 bits per heavy atom. The van der Waals surface area contributed by atoms with Gasteiger partial charge >= 0.3 is 5.97 Å². The van der Waals surface area contributed by atoms with Crippen molar-refractivity contribution in [2.24, 2.45) is 0 Å². The standard InChI is InChI=1S/C21H17ClFNO3/c22-18-5-3-6-19(23)17(18)13-27-20-7-2-1-4-15(20)12-24-16-10-8-14(9-11-16)21(25)26/h1-11,24H,12-13H2,(H,25,26). The fourth-order valence-corrected chi connectivity index (χ4v) is 2.76. The van der Waals surface area contributed by atoms with Crippen LogP contribution in [0, 0.1) is 5.82 Å². The number of anilines is 1. The zero-order valence-electron chi connectivity index (χ0n) is 14.3. The molecule has 0 aliphatic carbocycles. The van der Waals surface area contributed by atoms with Crippen molar-refractivity contribution in [3.8, 4) is 5.75 Å². The van der Waals surface area contributed by atoms with Crippen LogP contribution in [0.4, 0.5) is 10.1 Å². The Balaban J connectivity index is 1.68. The lowest BCUT2D eigenvalue weighted by atomic mass is 10.1. The third-order valence-corrected chi connectivity index (χ3v) is 4.38. The largest absolute Gasteiger partial charge is 0.488 e. The Hall–Kier alpha value is -3.05. The van der Waals surface area contributed by atoms with Crippen LogP contribution in [0.15, 0.2) is 66.7 Å². The van der Waals surface area contributed by atoms with E-state index in [0.29, 0.717) is 22.9 Å². The minimum atomic E-state index is -0.966. The van der Waals surface area contributed by atoms with E-state index in [1.54, 1.807) is 30.3 Å². The molecule has 3 rings (SSSR count). The number of para-hydroxylation sites is 1. The maximum Gasteiger partial charge on any atom is 0.335 e. The molecule has 0 unspecified atom stereocenters. The third-order valence-electron chi connectivity index (χ3n) is 4.02. The Morgan fingerprint density at radius 2 is 1.78 bits per heavy atom. The number of benzene rings is 3. The van der Waals surface area contributed by atoms with Crippen LogP contribution in [0.2, 0.25) is 5.02 Å². The van der Waals surface area contributed by atoms with Crippen molar-refractivity contribution in [1.29, 1.82) is 0 Å². The van der Waals surface area contributed by atoms with Gasteiger partial charge in [0.2, 0.25) is 0 Å². The first-order chi connectivity index (χ1) is 13.0. The summed E-state index contributed by atoms with van der Waals surface area (Å²) >= 11 is 6.04. The lowest BCUT2D eigenvalue weighted by Gasteiger charge is -2.14. The molecule has 2 N–H and O–H groups in total. The van der Waals surface area contributed by atoms with Crippen molar-refractivity contribution in [3.05, 3.63) is 94.3 Å². The molecule has 138 valence electrons. The summed E-state index contributed by atoms with van der Waals surface area (Å²) in [6.45, 7) is 0.490. The fraction of sp³-hybridized carbons (Fsp3) is 0.0952. The van der Waals surface area contributed by atoms with Gasteiger partial charge in [-0.05, 0) is 42.5 Å². The second-order valence-corrected chi connectivity index (χ2v) is 6.24. The molecule has 0 atom stereocenters. The summed E-state index contributed by atoms with van der Waals surface area (Å²) in [6.07, 6.45) is 0. The number of halogens is 2. The van der Waals surface area contributed by atoms with Crippen LogP contribution in [-0.4, -0.2) is 11.1 Å². The van der Waals surface area contributed by atoms with Crippen LogP contribution >= 0.6 is 11.6 Å². The van der Waals surface area contributed by atoms with E-state index in [4.69, 9.17) is 21.4 Å². The summed E-state index contributed by atoms with van der Waals surface area (Å²) in [5.41, 5.74) is 2.21. The molecule has 3 aromatic rings. The second kappa shape index (κ2) is 8.56. The number of carbonyl (C=O) groups is 1. The van der Waals surface area contributed by atoms with Gasteiger partial charge in [-0.2, -0.15) is 0 Å². The van der Waals surface area contributed by atoms with E-state index >= 15 is 0 Å². The normalized spacial score (nSPS) is 10.4. The average Bonchev–Trinajstić information content (AvgIpc) is 2.67. The molecular formula is C21H17ClFNO3. The van der Waals surface area contributed by atoms with E-state index in [1.807, 2.05) is 18.2 Å². The number of hydrogen-bond acceptors (Lipinski definition) is 3. The van der Waals surface area contributed by atoms with Gasteiger partial charge in [0, 0.05) is 23.4 Å². The molecule has 4 nitrogen and oxygen atoms in total. The predicted molar refractivity (Wildman–Crippen MR) is 103 cm³/mol. The molecular weight excluding hydrogens is 369 g/mol. The molecule has 0 aliphatic rings. The Kier molecular flexibility index (Phi) is 5.94. The first kappa shape index (κ1) is 18.7. The maximum absolute atomic E-state index is 13.9. The number of hydrogen-bond donors (Lipinski definition) is 2. The molecule has 0 radical (unpaired) electrons. The first-order valence-electron chi connectivity index (χ1n) is 8.25.